The minimum absolute atomic E-state index is 0.0637. The number of aromatic nitrogens is 3. The molecule has 35 heavy (non-hydrogen) atoms. The molecule has 4 aromatic rings. The van der Waals surface area contributed by atoms with Gasteiger partial charge in [-0.05, 0) is 24.3 Å². The van der Waals surface area contributed by atoms with Crippen LogP contribution in [-0.4, -0.2) is 50.3 Å². The number of hydrazone groups is 1. The minimum Gasteiger partial charge on any atom is -0.481 e. The van der Waals surface area contributed by atoms with Gasteiger partial charge in [0.05, 0.1) is 12.0 Å². The Morgan fingerprint density at radius 2 is 1.66 bits per heavy atom. The minimum atomic E-state index is -1.08. The lowest BCUT2D eigenvalue weighted by Gasteiger charge is -2.10. The molecule has 0 saturated heterocycles. The Morgan fingerprint density at radius 1 is 0.971 bits per heavy atom. The second kappa shape index (κ2) is 11.6. The van der Waals surface area contributed by atoms with E-state index in [1.165, 1.54) is 18.0 Å². The third-order valence-corrected chi connectivity index (χ3v) is 5.60. The zero-order valence-electron chi connectivity index (χ0n) is 18.4. The lowest BCUT2D eigenvalue weighted by molar-refractivity contribution is -0.139. The average molecular weight is 488 g/mol. The van der Waals surface area contributed by atoms with E-state index in [0.29, 0.717) is 22.3 Å². The third kappa shape index (κ3) is 6.33. The standard InChI is InChI=1S/C25H21N5O4S/c31-22(27-26-15-19-11-7-8-14-21(19)34-16-23(32)33)17-35-25-29-28-24(18-9-3-1-4-10-18)30(25)20-12-5-2-6-13-20/h1-15H,16-17H2,(H,27,31)(H,32,33). The zero-order chi connectivity index (χ0) is 24.5. The Morgan fingerprint density at radius 3 is 2.40 bits per heavy atom. The molecular weight excluding hydrogens is 466 g/mol. The van der Waals surface area contributed by atoms with Crippen molar-refractivity contribution in [3.8, 4) is 22.8 Å². The summed E-state index contributed by atoms with van der Waals surface area (Å²) in [5, 5.41) is 22.0. The SMILES string of the molecule is O=C(O)COc1ccccc1C=NNC(=O)CSc1nnc(-c2ccccc2)n1-c1ccccc1. The molecule has 0 unspecified atom stereocenters. The molecule has 1 aromatic heterocycles. The monoisotopic (exact) mass is 487 g/mol. The van der Waals surface area contributed by atoms with Crippen LogP contribution in [0, 0.1) is 0 Å². The molecule has 0 aliphatic carbocycles. The van der Waals surface area contributed by atoms with Gasteiger partial charge in [0, 0.05) is 16.8 Å². The number of amides is 1. The fourth-order valence-electron chi connectivity index (χ4n) is 3.14. The number of carboxylic acids is 1. The smallest absolute Gasteiger partial charge is 0.341 e. The van der Waals surface area contributed by atoms with Crippen LogP contribution in [0.1, 0.15) is 5.56 Å². The Bertz CT molecular complexity index is 1330. The van der Waals surface area contributed by atoms with Crippen LogP contribution in [-0.2, 0) is 9.59 Å². The highest BCUT2D eigenvalue weighted by Crippen LogP contribution is 2.27. The molecule has 0 atom stereocenters. The molecule has 0 aliphatic rings. The van der Waals surface area contributed by atoms with Crippen LogP contribution >= 0.6 is 11.8 Å². The van der Waals surface area contributed by atoms with Crippen molar-refractivity contribution in [2.75, 3.05) is 12.4 Å². The normalized spacial score (nSPS) is 10.9. The molecule has 3 aromatic carbocycles. The summed E-state index contributed by atoms with van der Waals surface area (Å²) >= 11 is 1.24. The molecule has 0 spiro atoms. The maximum atomic E-state index is 12.4. The molecule has 1 heterocycles. The second-order valence-corrected chi connectivity index (χ2v) is 8.09. The van der Waals surface area contributed by atoms with Crippen molar-refractivity contribution < 1.29 is 19.4 Å². The first-order chi connectivity index (χ1) is 17.1. The molecule has 0 fully saturated rings. The number of ether oxygens (including phenoxy) is 1. The number of benzene rings is 3. The highest BCUT2D eigenvalue weighted by molar-refractivity contribution is 7.99. The maximum absolute atomic E-state index is 12.4. The van der Waals surface area contributed by atoms with E-state index in [-0.39, 0.29) is 11.7 Å². The number of nitrogens with zero attached hydrogens (tertiary/aromatic N) is 4. The van der Waals surface area contributed by atoms with Gasteiger partial charge in [0.1, 0.15) is 5.75 Å². The van der Waals surface area contributed by atoms with Crippen LogP contribution in [0.25, 0.3) is 17.1 Å². The van der Waals surface area contributed by atoms with Crippen LogP contribution in [0.4, 0.5) is 0 Å². The highest BCUT2D eigenvalue weighted by atomic mass is 32.2. The summed E-state index contributed by atoms with van der Waals surface area (Å²) in [4.78, 5) is 23.2. The van der Waals surface area contributed by atoms with E-state index in [9.17, 15) is 9.59 Å². The van der Waals surface area contributed by atoms with Gasteiger partial charge in [0.25, 0.3) is 5.91 Å². The number of carboxylic acid groups (broad SMARTS) is 1. The number of carbonyl (C=O) groups excluding carboxylic acids is 1. The summed E-state index contributed by atoms with van der Waals surface area (Å²) in [7, 11) is 0. The van der Waals surface area contributed by atoms with Crippen molar-refractivity contribution in [3.63, 3.8) is 0 Å². The summed E-state index contributed by atoms with van der Waals surface area (Å²) < 4.78 is 7.14. The zero-order valence-corrected chi connectivity index (χ0v) is 19.3. The number of hydrogen-bond acceptors (Lipinski definition) is 7. The summed E-state index contributed by atoms with van der Waals surface area (Å²) in [6.07, 6.45) is 1.40. The fraction of sp³-hybridized carbons (Fsp3) is 0.0800. The van der Waals surface area contributed by atoms with Gasteiger partial charge in [0.15, 0.2) is 17.6 Å². The van der Waals surface area contributed by atoms with E-state index in [0.717, 1.165) is 11.3 Å². The summed E-state index contributed by atoms with van der Waals surface area (Å²) in [5.41, 5.74) is 4.81. The van der Waals surface area contributed by atoms with Crippen molar-refractivity contribution in [3.05, 3.63) is 90.5 Å². The quantitative estimate of drug-likeness (QED) is 0.199. The van der Waals surface area contributed by atoms with E-state index in [4.69, 9.17) is 9.84 Å². The number of hydrogen-bond donors (Lipinski definition) is 2. The van der Waals surface area contributed by atoms with Crippen LogP contribution < -0.4 is 10.2 Å². The highest BCUT2D eigenvalue weighted by Gasteiger charge is 2.17. The lowest BCUT2D eigenvalue weighted by atomic mass is 10.2. The number of thioether (sulfide) groups is 1. The van der Waals surface area contributed by atoms with E-state index in [1.807, 2.05) is 65.2 Å². The molecule has 1 amide bonds. The molecule has 2 N–H and O–H groups in total. The van der Waals surface area contributed by atoms with Crippen LogP contribution in [0.15, 0.2) is 95.2 Å². The van der Waals surface area contributed by atoms with Gasteiger partial charge in [-0.2, -0.15) is 5.10 Å². The van der Waals surface area contributed by atoms with Crippen molar-refractivity contribution in [1.29, 1.82) is 0 Å². The molecule has 4 rings (SSSR count). The van der Waals surface area contributed by atoms with Gasteiger partial charge in [-0.15, -0.1) is 10.2 Å². The molecule has 0 radical (unpaired) electrons. The number of nitrogens with one attached hydrogen (secondary N) is 1. The molecule has 0 aliphatic heterocycles. The van der Waals surface area contributed by atoms with Crippen molar-refractivity contribution >= 4 is 29.9 Å². The number of aliphatic carboxylic acids is 1. The third-order valence-electron chi connectivity index (χ3n) is 4.68. The van der Waals surface area contributed by atoms with Crippen LogP contribution in [0.2, 0.25) is 0 Å². The van der Waals surface area contributed by atoms with Crippen molar-refractivity contribution in [2.45, 2.75) is 5.16 Å². The first-order valence-electron chi connectivity index (χ1n) is 10.6. The Kier molecular flexibility index (Phi) is 7.87. The number of carbonyl (C=O) groups is 2. The fourth-order valence-corrected chi connectivity index (χ4v) is 3.89. The van der Waals surface area contributed by atoms with Gasteiger partial charge in [-0.3, -0.25) is 9.36 Å². The number of para-hydroxylation sites is 2. The Hall–Kier alpha value is -4.44. The Labute approximate surface area is 205 Å². The first-order valence-corrected chi connectivity index (χ1v) is 11.5. The molecule has 176 valence electrons. The molecule has 0 saturated carbocycles. The molecule has 0 bridgehead atoms. The van der Waals surface area contributed by atoms with Gasteiger partial charge in [-0.25, -0.2) is 10.2 Å². The maximum Gasteiger partial charge on any atom is 0.341 e. The molecular formula is C25H21N5O4S. The number of rotatable bonds is 10. The van der Waals surface area contributed by atoms with Crippen LogP contribution in [0.5, 0.6) is 5.75 Å². The van der Waals surface area contributed by atoms with E-state index >= 15 is 0 Å². The van der Waals surface area contributed by atoms with E-state index in [1.54, 1.807) is 24.3 Å². The van der Waals surface area contributed by atoms with Gasteiger partial charge >= 0.3 is 5.97 Å². The molecule has 10 heteroatoms. The van der Waals surface area contributed by atoms with Crippen molar-refractivity contribution in [1.82, 2.24) is 20.2 Å². The van der Waals surface area contributed by atoms with E-state index in [2.05, 4.69) is 20.7 Å². The largest absolute Gasteiger partial charge is 0.481 e. The van der Waals surface area contributed by atoms with Gasteiger partial charge < -0.3 is 9.84 Å². The first kappa shape index (κ1) is 23.7. The summed E-state index contributed by atoms with van der Waals surface area (Å²) in [6, 6.07) is 26.2. The second-order valence-electron chi connectivity index (χ2n) is 7.15. The van der Waals surface area contributed by atoms with Crippen LogP contribution in [0.3, 0.4) is 0 Å². The van der Waals surface area contributed by atoms with Gasteiger partial charge in [0.2, 0.25) is 0 Å². The average Bonchev–Trinajstić information content (AvgIpc) is 3.32. The summed E-state index contributed by atoms with van der Waals surface area (Å²) in [5.74, 6) is -0.323. The predicted octanol–water partition coefficient (Wildman–Crippen LogP) is 3.64. The lowest BCUT2D eigenvalue weighted by Crippen LogP contribution is -2.20. The summed E-state index contributed by atoms with van der Waals surface area (Å²) in [6.45, 7) is -0.471. The van der Waals surface area contributed by atoms with Crippen molar-refractivity contribution in [2.24, 2.45) is 5.10 Å². The van der Waals surface area contributed by atoms with Gasteiger partial charge in [-0.1, -0.05) is 72.4 Å². The van der Waals surface area contributed by atoms with E-state index < -0.39 is 12.6 Å². The predicted molar refractivity (Wildman–Crippen MR) is 133 cm³/mol. The molecule has 9 nitrogen and oxygen atoms in total. The Balaban J connectivity index is 1.44. The topological polar surface area (TPSA) is 119 Å².